The van der Waals surface area contributed by atoms with Gasteiger partial charge in [0, 0.05) is 30.5 Å². The summed E-state index contributed by atoms with van der Waals surface area (Å²) in [6.45, 7) is 7.29. The lowest BCUT2D eigenvalue weighted by molar-refractivity contribution is -0.123. The molecule has 162 valence electrons. The number of hydrogen-bond acceptors (Lipinski definition) is 4. The van der Waals surface area contributed by atoms with Gasteiger partial charge in [0.05, 0.1) is 5.92 Å². The summed E-state index contributed by atoms with van der Waals surface area (Å²) in [6, 6.07) is 8.33. The first-order valence-corrected chi connectivity index (χ1v) is 13.3. The number of benzene rings is 1. The van der Waals surface area contributed by atoms with E-state index in [9.17, 15) is 9.59 Å². The minimum Gasteiger partial charge on any atom is -0.354 e. The van der Waals surface area contributed by atoms with E-state index in [0.717, 1.165) is 30.1 Å². The van der Waals surface area contributed by atoms with E-state index in [1.807, 2.05) is 40.6 Å². The SMILES string of the molecule is CC(C)Cc1ccc(C(C)C(=O)NCCNC(=O)CCCC[C@@H]2CCSS2)cc1. The smallest absolute Gasteiger partial charge is 0.227 e. The van der Waals surface area contributed by atoms with E-state index in [2.05, 4.69) is 36.6 Å². The molecule has 1 aromatic carbocycles. The van der Waals surface area contributed by atoms with Crippen LogP contribution in [0, 0.1) is 5.92 Å². The highest BCUT2D eigenvalue weighted by Gasteiger charge is 2.16. The number of hydrogen-bond donors (Lipinski definition) is 2. The molecule has 2 amide bonds. The fraction of sp³-hybridized carbons (Fsp3) is 0.652. The minimum atomic E-state index is -0.189. The molecule has 0 radical (unpaired) electrons. The maximum absolute atomic E-state index is 12.4. The van der Waals surface area contributed by atoms with Crippen LogP contribution >= 0.6 is 21.6 Å². The van der Waals surface area contributed by atoms with Crippen LogP contribution in [0.15, 0.2) is 24.3 Å². The molecule has 4 nitrogen and oxygen atoms in total. The van der Waals surface area contributed by atoms with Gasteiger partial charge < -0.3 is 10.6 Å². The van der Waals surface area contributed by atoms with Gasteiger partial charge in [0.25, 0.3) is 0 Å². The van der Waals surface area contributed by atoms with E-state index in [1.54, 1.807) is 0 Å². The van der Waals surface area contributed by atoms with E-state index in [0.29, 0.717) is 25.4 Å². The Labute approximate surface area is 184 Å². The molecule has 2 rings (SSSR count). The zero-order valence-electron chi connectivity index (χ0n) is 18.0. The molecule has 2 atom stereocenters. The van der Waals surface area contributed by atoms with Gasteiger partial charge in [0.15, 0.2) is 0 Å². The van der Waals surface area contributed by atoms with Crippen molar-refractivity contribution >= 4 is 33.4 Å². The largest absolute Gasteiger partial charge is 0.354 e. The first kappa shape index (κ1) is 24.1. The summed E-state index contributed by atoms with van der Waals surface area (Å²) in [7, 11) is 3.97. The van der Waals surface area contributed by atoms with Crippen LogP contribution < -0.4 is 10.6 Å². The fourth-order valence-electron chi connectivity index (χ4n) is 3.42. The van der Waals surface area contributed by atoms with Crippen LogP contribution in [0.2, 0.25) is 0 Å². The summed E-state index contributed by atoms with van der Waals surface area (Å²) in [5.41, 5.74) is 2.33. The third-order valence-electron chi connectivity index (χ3n) is 5.17. The maximum atomic E-state index is 12.4. The lowest BCUT2D eigenvalue weighted by atomic mass is 9.96. The molecule has 1 saturated heterocycles. The van der Waals surface area contributed by atoms with Crippen LogP contribution in [0.4, 0.5) is 0 Å². The van der Waals surface area contributed by atoms with Gasteiger partial charge in [-0.15, -0.1) is 0 Å². The fourth-order valence-corrected chi connectivity index (χ4v) is 6.44. The third kappa shape index (κ3) is 9.47. The Hall–Kier alpha value is -1.14. The highest BCUT2D eigenvalue weighted by Crippen LogP contribution is 2.39. The monoisotopic (exact) mass is 436 g/mol. The van der Waals surface area contributed by atoms with Gasteiger partial charge in [0.1, 0.15) is 0 Å². The zero-order valence-corrected chi connectivity index (χ0v) is 19.7. The molecule has 1 aliphatic rings. The van der Waals surface area contributed by atoms with Crippen molar-refractivity contribution in [3.8, 4) is 0 Å². The van der Waals surface area contributed by atoms with E-state index in [1.165, 1.54) is 24.2 Å². The van der Waals surface area contributed by atoms with Crippen molar-refractivity contribution in [2.24, 2.45) is 5.92 Å². The van der Waals surface area contributed by atoms with Crippen molar-refractivity contribution in [2.75, 3.05) is 18.8 Å². The average molecular weight is 437 g/mol. The molecule has 0 aromatic heterocycles. The van der Waals surface area contributed by atoms with Gasteiger partial charge in [-0.1, -0.05) is 66.1 Å². The van der Waals surface area contributed by atoms with Crippen molar-refractivity contribution in [1.29, 1.82) is 0 Å². The van der Waals surface area contributed by atoms with Crippen LogP contribution in [0.1, 0.15) is 69.9 Å². The van der Waals surface area contributed by atoms with Crippen LogP contribution in [-0.4, -0.2) is 35.9 Å². The Bertz CT molecular complexity index is 628. The second kappa shape index (κ2) is 13.2. The number of nitrogens with one attached hydrogen (secondary N) is 2. The first-order valence-electron chi connectivity index (χ1n) is 10.9. The Balaban J connectivity index is 1.56. The van der Waals surface area contributed by atoms with Gasteiger partial charge >= 0.3 is 0 Å². The molecule has 1 aliphatic heterocycles. The van der Waals surface area contributed by atoms with Crippen LogP contribution in [-0.2, 0) is 16.0 Å². The number of unbranched alkanes of at least 4 members (excludes halogenated alkanes) is 1. The van der Waals surface area contributed by atoms with Gasteiger partial charge in [-0.25, -0.2) is 0 Å². The second-order valence-electron chi connectivity index (χ2n) is 8.28. The number of carbonyl (C=O) groups excluding carboxylic acids is 2. The van der Waals surface area contributed by atoms with Crippen LogP contribution in [0.3, 0.4) is 0 Å². The lowest BCUT2D eigenvalue weighted by Crippen LogP contribution is -2.36. The van der Waals surface area contributed by atoms with Crippen molar-refractivity contribution < 1.29 is 9.59 Å². The summed E-state index contributed by atoms with van der Waals surface area (Å²) >= 11 is 0. The summed E-state index contributed by atoms with van der Waals surface area (Å²) < 4.78 is 0. The summed E-state index contributed by atoms with van der Waals surface area (Å²) in [4.78, 5) is 24.3. The minimum absolute atomic E-state index is 0.00259. The number of amides is 2. The highest BCUT2D eigenvalue weighted by molar-refractivity contribution is 8.77. The predicted molar refractivity (Wildman–Crippen MR) is 126 cm³/mol. The normalized spacial score (nSPS) is 17.3. The molecule has 0 aliphatic carbocycles. The molecule has 2 N–H and O–H groups in total. The van der Waals surface area contributed by atoms with E-state index in [-0.39, 0.29) is 17.7 Å². The quantitative estimate of drug-likeness (QED) is 0.360. The van der Waals surface area contributed by atoms with E-state index >= 15 is 0 Å². The molecule has 1 aromatic rings. The summed E-state index contributed by atoms with van der Waals surface area (Å²) in [5.74, 6) is 1.79. The Morgan fingerprint density at radius 1 is 1.07 bits per heavy atom. The summed E-state index contributed by atoms with van der Waals surface area (Å²) in [6.07, 6.45) is 6.23. The third-order valence-corrected chi connectivity index (χ3v) is 8.18. The lowest BCUT2D eigenvalue weighted by Gasteiger charge is -2.14. The van der Waals surface area contributed by atoms with Gasteiger partial charge in [-0.05, 0) is 49.7 Å². The molecule has 0 spiro atoms. The van der Waals surface area contributed by atoms with Crippen molar-refractivity contribution in [2.45, 2.75) is 70.5 Å². The van der Waals surface area contributed by atoms with Gasteiger partial charge in [-0.3, -0.25) is 9.59 Å². The molecular formula is C23H36N2O2S2. The zero-order chi connectivity index (χ0) is 21.1. The van der Waals surface area contributed by atoms with E-state index in [4.69, 9.17) is 0 Å². The number of carbonyl (C=O) groups is 2. The second-order valence-corrected chi connectivity index (χ2v) is 11.1. The van der Waals surface area contributed by atoms with Crippen molar-refractivity contribution in [3.05, 3.63) is 35.4 Å². The molecule has 0 saturated carbocycles. The standard InChI is InChI=1S/C23H36N2O2S2/c1-17(2)16-19-8-10-20(11-9-19)18(3)23(27)25-14-13-24-22(26)7-5-4-6-21-12-15-28-29-21/h8-11,17-18,21H,4-7,12-16H2,1-3H3,(H,24,26)(H,25,27)/t18?,21-/m1/s1. The molecule has 6 heteroatoms. The van der Waals surface area contributed by atoms with Crippen molar-refractivity contribution in [1.82, 2.24) is 10.6 Å². The van der Waals surface area contributed by atoms with Crippen LogP contribution in [0.25, 0.3) is 0 Å². The molecule has 29 heavy (non-hydrogen) atoms. The first-order chi connectivity index (χ1) is 14.0. The molecule has 1 fully saturated rings. The van der Waals surface area contributed by atoms with Crippen LogP contribution in [0.5, 0.6) is 0 Å². The van der Waals surface area contributed by atoms with Crippen molar-refractivity contribution in [3.63, 3.8) is 0 Å². The van der Waals surface area contributed by atoms with E-state index < -0.39 is 0 Å². The van der Waals surface area contributed by atoms with Gasteiger partial charge in [-0.2, -0.15) is 0 Å². The molecular weight excluding hydrogens is 400 g/mol. The Morgan fingerprint density at radius 2 is 1.79 bits per heavy atom. The Kier molecular flexibility index (Phi) is 11.0. The Morgan fingerprint density at radius 3 is 2.45 bits per heavy atom. The predicted octanol–water partition coefficient (Wildman–Crippen LogP) is 4.94. The number of rotatable bonds is 12. The van der Waals surface area contributed by atoms with Gasteiger partial charge in [0.2, 0.25) is 11.8 Å². The molecule has 1 heterocycles. The molecule has 0 bridgehead atoms. The highest BCUT2D eigenvalue weighted by atomic mass is 33.1. The topological polar surface area (TPSA) is 58.2 Å². The maximum Gasteiger partial charge on any atom is 0.227 e. The molecule has 1 unspecified atom stereocenters. The average Bonchev–Trinajstić information content (AvgIpc) is 3.21. The summed E-state index contributed by atoms with van der Waals surface area (Å²) in [5, 5.41) is 6.62.